The number of benzene rings is 11. The van der Waals surface area contributed by atoms with E-state index in [0.717, 1.165) is 49.4 Å². The number of fused-ring (bicyclic) bond motifs is 6. The van der Waals surface area contributed by atoms with E-state index in [0.29, 0.717) is 17.5 Å². The Balaban J connectivity index is 1.12. The van der Waals surface area contributed by atoms with Gasteiger partial charge in [0.05, 0.1) is 0 Å². The van der Waals surface area contributed by atoms with E-state index in [1.54, 1.807) is 0 Å². The molecule has 0 unspecified atom stereocenters. The molecule has 0 aliphatic rings. The maximum absolute atomic E-state index is 5.42. The maximum Gasteiger partial charge on any atom is 0.164 e. The quantitative estimate of drug-likeness (QED) is 0.124. The lowest BCUT2D eigenvalue weighted by Crippen LogP contribution is -2.02. The summed E-state index contributed by atoms with van der Waals surface area (Å²) in [5.41, 5.74) is 9.77. The van der Waals surface area contributed by atoms with Crippen LogP contribution in [0.2, 0.25) is 0 Å². The molecule has 12 aromatic rings. The molecule has 0 saturated heterocycles. The summed E-state index contributed by atoms with van der Waals surface area (Å²) in [6.45, 7) is 0. The van der Waals surface area contributed by atoms with Crippen LogP contribution in [0.1, 0.15) is 0 Å². The number of rotatable bonds is 6. The van der Waals surface area contributed by atoms with Gasteiger partial charge in [-0.05, 0) is 105 Å². The summed E-state index contributed by atoms with van der Waals surface area (Å²) in [5, 5.41) is 11.9. The fourth-order valence-electron chi connectivity index (χ4n) is 9.47. The van der Waals surface area contributed by atoms with Gasteiger partial charge in [-0.15, -0.1) is 0 Å². The zero-order valence-corrected chi connectivity index (χ0v) is 33.7. The van der Waals surface area contributed by atoms with Crippen molar-refractivity contribution in [3.8, 4) is 67.5 Å². The summed E-state index contributed by atoms with van der Waals surface area (Å²) in [6.07, 6.45) is 0. The normalized spacial score (nSPS) is 11.5. The molecular formula is C59H37N3. The second kappa shape index (κ2) is 14.8. The van der Waals surface area contributed by atoms with Gasteiger partial charge in [-0.25, -0.2) is 15.0 Å². The van der Waals surface area contributed by atoms with Gasteiger partial charge < -0.3 is 0 Å². The molecular weight excluding hydrogens is 751 g/mol. The van der Waals surface area contributed by atoms with Crippen molar-refractivity contribution in [1.29, 1.82) is 0 Å². The Hall–Kier alpha value is -8.27. The Morgan fingerprint density at radius 3 is 1.26 bits per heavy atom. The molecule has 0 atom stereocenters. The van der Waals surface area contributed by atoms with Crippen LogP contribution in [0.25, 0.3) is 121 Å². The van der Waals surface area contributed by atoms with Crippen molar-refractivity contribution < 1.29 is 0 Å². The van der Waals surface area contributed by atoms with Crippen molar-refractivity contribution in [2.24, 2.45) is 0 Å². The van der Waals surface area contributed by atoms with Gasteiger partial charge >= 0.3 is 0 Å². The summed E-state index contributed by atoms with van der Waals surface area (Å²) < 4.78 is 0. The third-order valence-corrected chi connectivity index (χ3v) is 12.3. The molecule has 1 heterocycles. The zero-order valence-electron chi connectivity index (χ0n) is 33.7. The molecule has 0 saturated carbocycles. The Bertz CT molecular complexity index is 3690. The lowest BCUT2D eigenvalue weighted by atomic mass is 9.87. The predicted molar refractivity (Wildman–Crippen MR) is 260 cm³/mol. The molecule has 62 heavy (non-hydrogen) atoms. The minimum absolute atomic E-state index is 0.626. The lowest BCUT2D eigenvalue weighted by Gasteiger charge is -2.18. The van der Waals surface area contributed by atoms with Crippen molar-refractivity contribution in [2.75, 3.05) is 0 Å². The van der Waals surface area contributed by atoms with Gasteiger partial charge in [0.2, 0.25) is 0 Å². The van der Waals surface area contributed by atoms with Crippen LogP contribution in [0, 0.1) is 0 Å². The molecule has 0 spiro atoms. The van der Waals surface area contributed by atoms with Crippen LogP contribution in [0.15, 0.2) is 224 Å². The molecule has 3 nitrogen and oxygen atoms in total. The van der Waals surface area contributed by atoms with E-state index < -0.39 is 0 Å². The average Bonchev–Trinajstić information content (AvgIpc) is 3.35. The van der Waals surface area contributed by atoms with Crippen molar-refractivity contribution in [1.82, 2.24) is 15.0 Å². The zero-order chi connectivity index (χ0) is 41.0. The van der Waals surface area contributed by atoms with Gasteiger partial charge in [-0.2, -0.15) is 0 Å². The number of hydrogen-bond donors (Lipinski definition) is 0. The fourth-order valence-corrected chi connectivity index (χ4v) is 9.47. The minimum atomic E-state index is 0.626. The number of hydrogen-bond acceptors (Lipinski definition) is 3. The smallest absolute Gasteiger partial charge is 0.164 e. The van der Waals surface area contributed by atoms with Crippen LogP contribution < -0.4 is 0 Å². The Morgan fingerprint density at radius 2 is 0.629 bits per heavy atom. The molecule has 0 fully saturated rings. The van der Waals surface area contributed by atoms with E-state index in [1.807, 2.05) is 6.07 Å². The first-order chi connectivity index (χ1) is 30.8. The van der Waals surface area contributed by atoms with Crippen LogP contribution in [0.3, 0.4) is 0 Å². The summed E-state index contributed by atoms with van der Waals surface area (Å²) in [4.78, 5) is 16.2. The molecule has 0 bridgehead atoms. The molecule has 0 amide bonds. The van der Waals surface area contributed by atoms with Crippen LogP contribution in [-0.2, 0) is 0 Å². The molecule has 0 aliphatic carbocycles. The highest BCUT2D eigenvalue weighted by Crippen LogP contribution is 2.44. The van der Waals surface area contributed by atoms with E-state index in [2.05, 4.69) is 218 Å². The Kier molecular flexibility index (Phi) is 8.50. The van der Waals surface area contributed by atoms with E-state index in [-0.39, 0.29) is 0 Å². The lowest BCUT2D eigenvalue weighted by molar-refractivity contribution is 1.08. The molecule has 0 radical (unpaired) electrons. The molecule has 11 aromatic carbocycles. The van der Waals surface area contributed by atoms with Gasteiger partial charge in [0, 0.05) is 16.7 Å². The molecule has 1 aromatic heterocycles. The molecule has 0 N–H and O–H groups in total. The van der Waals surface area contributed by atoms with Gasteiger partial charge in [0.25, 0.3) is 0 Å². The van der Waals surface area contributed by atoms with Crippen molar-refractivity contribution in [3.05, 3.63) is 224 Å². The van der Waals surface area contributed by atoms with Crippen LogP contribution in [0.5, 0.6) is 0 Å². The van der Waals surface area contributed by atoms with Gasteiger partial charge in [-0.1, -0.05) is 206 Å². The van der Waals surface area contributed by atoms with Gasteiger partial charge in [0.15, 0.2) is 17.5 Å². The van der Waals surface area contributed by atoms with E-state index in [9.17, 15) is 0 Å². The van der Waals surface area contributed by atoms with E-state index >= 15 is 0 Å². The summed E-state index contributed by atoms with van der Waals surface area (Å²) in [5.74, 6) is 1.88. The third-order valence-electron chi connectivity index (χ3n) is 12.3. The summed E-state index contributed by atoms with van der Waals surface area (Å²) in [6, 6.07) is 80.0. The summed E-state index contributed by atoms with van der Waals surface area (Å²) in [7, 11) is 0. The monoisotopic (exact) mass is 787 g/mol. The van der Waals surface area contributed by atoms with E-state index in [1.165, 1.54) is 54.6 Å². The fraction of sp³-hybridized carbons (Fsp3) is 0. The number of nitrogens with zero attached hydrogens (tertiary/aromatic N) is 3. The molecule has 3 heteroatoms. The van der Waals surface area contributed by atoms with Crippen molar-refractivity contribution in [2.45, 2.75) is 0 Å². The highest BCUT2D eigenvalue weighted by molar-refractivity contribution is 6.23. The number of aromatic nitrogens is 3. The molecule has 12 rings (SSSR count). The Morgan fingerprint density at radius 1 is 0.210 bits per heavy atom. The maximum atomic E-state index is 5.42. The highest BCUT2D eigenvalue weighted by Gasteiger charge is 2.21. The first-order valence-corrected chi connectivity index (χ1v) is 21.1. The largest absolute Gasteiger partial charge is 0.208 e. The minimum Gasteiger partial charge on any atom is -0.208 e. The Labute approximate surface area is 359 Å². The third kappa shape index (κ3) is 5.94. The SMILES string of the molecule is c1ccc(-c2ccccc2-c2nc(-c3ccc(-c4ccccc4)c4ccccc34)nc(-c3ccc(-c4c5ccccc5cc5c4ccc4ccccc45)c4ccccc34)n2)cc1. The standard InChI is InChI=1S/C59H37N3/c1-3-17-38(18-4-1)42-23-11-16-30-52(42)57-60-58(53-35-33-44(39-19-5-2-6-20-39)46-26-12-14-28-48(46)53)62-59(61-57)54-36-34-50(47-27-13-15-29-49(47)54)56-45-25-10-8-22-41(45)37-55-43-24-9-7-21-40(43)31-32-51(55)56/h1-37H. The first-order valence-electron chi connectivity index (χ1n) is 21.1. The summed E-state index contributed by atoms with van der Waals surface area (Å²) >= 11 is 0. The predicted octanol–water partition coefficient (Wildman–Crippen LogP) is 15.6. The highest BCUT2D eigenvalue weighted by atomic mass is 15.0. The average molecular weight is 788 g/mol. The van der Waals surface area contributed by atoms with Gasteiger partial charge in [0.1, 0.15) is 0 Å². The second-order valence-electron chi connectivity index (χ2n) is 15.9. The van der Waals surface area contributed by atoms with Crippen LogP contribution in [0.4, 0.5) is 0 Å². The van der Waals surface area contributed by atoms with Crippen molar-refractivity contribution >= 4 is 53.9 Å². The molecule has 288 valence electrons. The van der Waals surface area contributed by atoms with Crippen LogP contribution >= 0.6 is 0 Å². The van der Waals surface area contributed by atoms with Gasteiger partial charge in [-0.3, -0.25) is 0 Å². The topological polar surface area (TPSA) is 38.7 Å². The van der Waals surface area contributed by atoms with Crippen LogP contribution in [-0.4, -0.2) is 15.0 Å². The second-order valence-corrected chi connectivity index (χ2v) is 15.9. The molecule has 0 aliphatic heterocycles. The van der Waals surface area contributed by atoms with Crippen molar-refractivity contribution in [3.63, 3.8) is 0 Å². The van der Waals surface area contributed by atoms with E-state index in [4.69, 9.17) is 15.0 Å². The first kappa shape index (κ1) is 35.7.